The number of aryl methyl sites for hydroxylation is 1. The van der Waals surface area contributed by atoms with E-state index in [1.54, 1.807) is 6.92 Å². The van der Waals surface area contributed by atoms with Crippen molar-refractivity contribution in [3.63, 3.8) is 0 Å². The van der Waals surface area contributed by atoms with Crippen LogP contribution in [0.3, 0.4) is 0 Å². The molecule has 0 atom stereocenters. The first-order chi connectivity index (χ1) is 9.17. The van der Waals surface area contributed by atoms with Crippen LogP contribution < -0.4 is 10.6 Å². The van der Waals surface area contributed by atoms with Crippen LogP contribution in [0.4, 0.5) is 11.1 Å². The van der Waals surface area contributed by atoms with Gasteiger partial charge >= 0.3 is 6.01 Å². The highest BCUT2D eigenvalue weighted by Gasteiger charge is 2.10. The van der Waals surface area contributed by atoms with Crippen LogP contribution >= 0.6 is 23.1 Å². The van der Waals surface area contributed by atoms with Gasteiger partial charge in [-0.1, -0.05) is 28.3 Å². The van der Waals surface area contributed by atoms with Crippen LogP contribution in [0.5, 0.6) is 0 Å². The minimum absolute atomic E-state index is 0.105. The summed E-state index contributed by atoms with van der Waals surface area (Å²) < 4.78 is 5.51. The van der Waals surface area contributed by atoms with E-state index in [9.17, 15) is 4.79 Å². The summed E-state index contributed by atoms with van der Waals surface area (Å²) in [6.07, 6.45) is 0. The summed E-state index contributed by atoms with van der Waals surface area (Å²) in [6.45, 7) is 4.45. The van der Waals surface area contributed by atoms with Gasteiger partial charge in [0.2, 0.25) is 11.0 Å². The van der Waals surface area contributed by atoms with Crippen molar-refractivity contribution in [1.82, 2.24) is 20.3 Å². The number of rotatable bonds is 6. The summed E-state index contributed by atoms with van der Waals surface area (Å²) in [5.74, 6) is 0.457. The number of hydrogen-bond donors (Lipinski definition) is 2. The lowest BCUT2D eigenvalue weighted by Crippen LogP contribution is -2.14. The van der Waals surface area contributed by atoms with Gasteiger partial charge in [0.15, 0.2) is 10.2 Å². The zero-order valence-corrected chi connectivity index (χ0v) is 12.0. The van der Waals surface area contributed by atoms with E-state index in [0.29, 0.717) is 5.82 Å². The Kier molecular flexibility index (Phi) is 4.68. The van der Waals surface area contributed by atoms with Crippen molar-refractivity contribution < 1.29 is 9.32 Å². The molecule has 2 N–H and O–H groups in total. The third-order valence-electron chi connectivity index (χ3n) is 1.84. The molecule has 1 amide bonds. The highest BCUT2D eigenvalue weighted by Crippen LogP contribution is 2.25. The first-order valence-corrected chi connectivity index (χ1v) is 7.28. The second-order valence-corrected chi connectivity index (χ2v) is 5.59. The molecule has 0 aromatic carbocycles. The molecular formula is C9H12N6O2S2. The van der Waals surface area contributed by atoms with Gasteiger partial charge in [-0.25, -0.2) is 0 Å². The molecule has 0 spiro atoms. The molecule has 0 aliphatic rings. The van der Waals surface area contributed by atoms with Gasteiger partial charge in [-0.15, -0.1) is 10.2 Å². The van der Waals surface area contributed by atoms with E-state index in [0.717, 1.165) is 16.0 Å². The number of carbonyl (C=O) groups is 1. The Balaban J connectivity index is 1.79. The van der Waals surface area contributed by atoms with Crippen molar-refractivity contribution in [3.05, 3.63) is 5.82 Å². The fourth-order valence-electron chi connectivity index (χ4n) is 1.12. The van der Waals surface area contributed by atoms with E-state index < -0.39 is 0 Å². The zero-order valence-electron chi connectivity index (χ0n) is 10.3. The van der Waals surface area contributed by atoms with Gasteiger partial charge in [-0.2, -0.15) is 4.98 Å². The van der Waals surface area contributed by atoms with Crippen LogP contribution in [0.1, 0.15) is 12.7 Å². The second kappa shape index (κ2) is 6.48. The van der Waals surface area contributed by atoms with Crippen molar-refractivity contribution in [1.29, 1.82) is 0 Å². The number of carbonyl (C=O) groups excluding carboxylic acids is 1. The Labute approximate surface area is 117 Å². The summed E-state index contributed by atoms with van der Waals surface area (Å²) in [5, 5.41) is 17.8. The van der Waals surface area contributed by atoms with Gasteiger partial charge in [-0.05, 0) is 13.8 Å². The molecule has 102 valence electrons. The quantitative estimate of drug-likeness (QED) is 0.771. The molecule has 8 nitrogen and oxygen atoms in total. The molecule has 0 saturated heterocycles. The van der Waals surface area contributed by atoms with Crippen molar-refractivity contribution in [2.24, 2.45) is 0 Å². The second-order valence-electron chi connectivity index (χ2n) is 3.39. The molecule has 0 fully saturated rings. The predicted octanol–water partition coefficient (Wildman–Crippen LogP) is 1.39. The molecule has 0 radical (unpaired) electrons. The maximum absolute atomic E-state index is 11.6. The van der Waals surface area contributed by atoms with Gasteiger partial charge in [0, 0.05) is 6.54 Å². The van der Waals surface area contributed by atoms with Crippen molar-refractivity contribution >= 4 is 40.2 Å². The third kappa shape index (κ3) is 4.17. The number of hydrogen-bond acceptors (Lipinski definition) is 9. The summed E-state index contributed by atoms with van der Waals surface area (Å²) in [6, 6.07) is 0.105. The Morgan fingerprint density at radius 2 is 2.32 bits per heavy atom. The minimum Gasteiger partial charge on any atom is -0.360 e. The largest absolute Gasteiger partial charge is 0.360 e. The van der Waals surface area contributed by atoms with Crippen molar-refractivity contribution in [2.75, 3.05) is 22.9 Å². The molecule has 0 unspecified atom stereocenters. The van der Waals surface area contributed by atoms with E-state index in [-0.39, 0.29) is 17.7 Å². The summed E-state index contributed by atoms with van der Waals surface area (Å²) in [4.78, 5) is 15.5. The molecule has 0 aliphatic carbocycles. The topological polar surface area (TPSA) is 106 Å². The highest BCUT2D eigenvalue weighted by molar-refractivity contribution is 8.01. The van der Waals surface area contributed by atoms with Gasteiger partial charge in [0.1, 0.15) is 0 Å². The predicted molar refractivity (Wildman–Crippen MR) is 72.5 cm³/mol. The summed E-state index contributed by atoms with van der Waals surface area (Å²) >= 11 is 2.71. The van der Waals surface area contributed by atoms with E-state index >= 15 is 0 Å². The Bertz CT molecular complexity index is 554. The van der Waals surface area contributed by atoms with E-state index in [4.69, 9.17) is 4.52 Å². The summed E-state index contributed by atoms with van der Waals surface area (Å²) in [7, 11) is 0. The van der Waals surface area contributed by atoms with Gasteiger partial charge < -0.3 is 9.84 Å². The molecule has 10 heteroatoms. The molecule has 0 bridgehead atoms. The number of amides is 1. The highest BCUT2D eigenvalue weighted by atomic mass is 32.2. The van der Waals surface area contributed by atoms with E-state index in [1.165, 1.54) is 23.1 Å². The normalized spacial score (nSPS) is 10.4. The van der Waals surface area contributed by atoms with Gasteiger partial charge in [0.25, 0.3) is 0 Å². The Hall–Kier alpha value is -1.68. The Morgan fingerprint density at radius 1 is 1.47 bits per heavy atom. The van der Waals surface area contributed by atoms with Crippen LogP contribution in [-0.2, 0) is 4.79 Å². The number of aromatic nitrogens is 4. The van der Waals surface area contributed by atoms with Crippen LogP contribution in [0.2, 0.25) is 0 Å². The van der Waals surface area contributed by atoms with Crippen LogP contribution in [0, 0.1) is 6.92 Å². The maximum Gasteiger partial charge on any atom is 0.328 e. The average molecular weight is 300 g/mol. The molecule has 19 heavy (non-hydrogen) atoms. The standard InChI is InChI=1S/C9H12N6O2S2/c1-3-10-8-13-14-9(19-8)18-4-6(16)12-7-11-5(2)15-17-7/h3-4H2,1-2H3,(H,10,13)(H,11,12,15,16). The number of nitrogens with one attached hydrogen (secondary N) is 2. The lowest BCUT2D eigenvalue weighted by molar-refractivity contribution is -0.114. The number of nitrogens with zero attached hydrogens (tertiary/aromatic N) is 4. The Morgan fingerprint density at radius 3 is 3.00 bits per heavy atom. The lowest BCUT2D eigenvalue weighted by Gasteiger charge is -1.97. The van der Waals surface area contributed by atoms with Gasteiger partial charge in [0.05, 0.1) is 5.75 Å². The molecule has 2 heterocycles. The monoisotopic (exact) mass is 300 g/mol. The van der Waals surface area contributed by atoms with Crippen molar-refractivity contribution in [3.8, 4) is 0 Å². The molecule has 0 saturated carbocycles. The van der Waals surface area contributed by atoms with Crippen molar-refractivity contribution in [2.45, 2.75) is 18.2 Å². The summed E-state index contributed by atoms with van der Waals surface area (Å²) in [5.41, 5.74) is 0. The molecule has 0 aliphatic heterocycles. The van der Waals surface area contributed by atoms with E-state index in [1.807, 2.05) is 6.92 Å². The maximum atomic E-state index is 11.6. The lowest BCUT2D eigenvalue weighted by atomic mass is 10.7. The smallest absolute Gasteiger partial charge is 0.328 e. The molecular weight excluding hydrogens is 288 g/mol. The van der Waals surface area contributed by atoms with E-state index in [2.05, 4.69) is 31.0 Å². The third-order valence-corrected chi connectivity index (χ3v) is 3.85. The molecule has 2 aromatic rings. The van der Waals surface area contributed by atoms with Crippen LogP contribution in [0.15, 0.2) is 8.86 Å². The van der Waals surface area contributed by atoms with Crippen LogP contribution in [0.25, 0.3) is 0 Å². The molecule has 2 aromatic heterocycles. The minimum atomic E-state index is -0.228. The van der Waals surface area contributed by atoms with Crippen LogP contribution in [-0.4, -0.2) is 38.5 Å². The molecule has 2 rings (SSSR count). The van der Waals surface area contributed by atoms with Gasteiger partial charge in [-0.3, -0.25) is 10.1 Å². The number of anilines is 2. The SMILES string of the molecule is CCNc1nnc(SCC(=O)Nc2nc(C)no2)s1. The number of thioether (sulfide) groups is 1. The first-order valence-electron chi connectivity index (χ1n) is 5.47. The zero-order chi connectivity index (χ0) is 13.7. The fraction of sp³-hybridized carbons (Fsp3) is 0.444. The first kappa shape index (κ1) is 13.7. The fourth-order valence-corrected chi connectivity index (χ4v) is 2.74. The average Bonchev–Trinajstić information content (AvgIpc) is 2.97.